The summed E-state index contributed by atoms with van der Waals surface area (Å²) in [6.07, 6.45) is 0. The van der Waals surface area contributed by atoms with Crippen molar-refractivity contribution in [1.82, 2.24) is 14.9 Å². The molecule has 0 atom stereocenters. The first-order chi connectivity index (χ1) is 16.4. The number of hydrogen-bond donors (Lipinski definition) is 1. The van der Waals surface area contributed by atoms with Crippen molar-refractivity contribution < 1.29 is 13.9 Å². The largest absolute Gasteiger partial charge is 0.497 e. The van der Waals surface area contributed by atoms with E-state index in [1.807, 2.05) is 19.9 Å². The molecule has 0 aliphatic rings. The lowest BCUT2D eigenvalue weighted by Crippen LogP contribution is -2.30. The van der Waals surface area contributed by atoms with Crippen molar-refractivity contribution in [2.24, 2.45) is 0 Å². The van der Waals surface area contributed by atoms with Crippen LogP contribution >= 0.6 is 11.8 Å². The molecule has 0 spiro atoms. The number of rotatable bonds is 7. The Bertz CT molecular complexity index is 1420. The molecule has 4 aromatic rings. The Morgan fingerprint density at radius 2 is 1.91 bits per heavy atom. The minimum atomic E-state index is -0.324. The number of carbonyl (C=O) groups excluding carboxylic acids is 1. The van der Waals surface area contributed by atoms with E-state index in [1.165, 1.54) is 28.5 Å². The van der Waals surface area contributed by atoms with Crippen LogP contribution in [0.2, 0.25) is 0 Å². The Labute approximate surface area is 200 Å². The summed E-state index contributed by atoms with van der Waals surface area (Å²) in [5.41, 5.74) is 1.94. The number of fused-ring (bicyclic) bond motifs is 1. The number of nitrogens with zero attached hydrogens (tertiary/aromatic N) is 2. The summed E-state index contributed by atoms with van der Waals surface area (Å²) in [5.74, 6) is 0.458. The minimum absolute atomic E-state index is 0.0189. The van der Waals surface area contributed by atoms with Crippen LogP contribution in [-0.2, 0) is 5.75 Å². The molecule has 3 aromatic carbocycles. The molecule has 0 aliphatic carbocycles. The summed E-state index contributed by atoms with van der Waals surface area (Å²) in [5, 5.41) is 3.67. The van der Waals surface area contributed by atoms with Crippen LogP contribution in [0.5, 0.6) is 5.75 Å². The van der Waals surface area contributed by atoms with Gasteiger partial charge in [-0.1, -0.05) is 30.0 Å². The van der Waals surface area contributed by atoms with E-state index >= 15 is 0 Å². The molecule has 174 valence electrons. The van der Waals surface area contributed by atoms with Crippen molar-refractivity contribution in [3.8, 4) is 11.4 Å². The number of ether oxygens (including phenoxy) is 1. The second-order valence-electron chi connectivity index (χ2n) is 8.02. The summed E-state index contributed by atoms with van der Waals surface area (Å²) < 4.78 is 20.5. The Kier molecular flexibility index (Phi) is 6.98. The molecule has 0 saturated heterocycles. The van der Waals surface area contributed by atoms with Crippen molar-refractivity contribution >= 4 is 28.6 Å². The number of benzene rings is 3. The molecule has 6 nitrogen and oxygen atoms in total. The predicted octanol–water partition coefficient (Wildman–Crippen LogP) is 4.96. The van der Waals surface area contributed by atoms with Crippen molar-refractivity contribution in [2.75, 3.05) is 7.11 Å². The Morgan fingerprint density at radius 3 is 2.65 bits per heavy atom. The Hall–Kier alpha value is -3.65. The number of carbonyl (C=O) groups is 1. The number of thioether (sulfide) groups is 1. The van der Waals surface area contributed by atoms with Gasteiger partial charge in [-0.3, -0.25) is 14.2 Å². The minimum Gasteiger partial charge on any atom is -0.497 e. The summed E-state index contributed by atoms with van der Waals surface area (Å²) in [6.45, 7) is 3.76. The van der Waals surface area contributed by atoms with Gasteiger partial charge in [0.15, 0.2) is 5.16 Å². The molecule has 1 amide bonds. The zero-order valence-corrected chi connectivity index (χ0v) is 19.9. The standard InChI is InChI=1S/C26H24FN3O3S/c1-16(2)28-24(31)18-10-11-22-23(13-18)29-26(34-15-17-6-4-7-19(27)12-17)30(25(22)32)20-8-5-9-21(14-20)33-3/h4-14,16H,15H2,1-3H3,(H,28,31). The molecular formula is C26H24FN3O3S. The fourth-order valence-electron chi connectivity index (χ4n) is 3.50. The summed E-state index contributed by atoms with van der Waals surface area (Å²) in [6, 6.07) is 18.3. The highest BCUT2D eigenvalue weighted by atomic mass is 32.2. The number of hydrogen-bond acceptors (Lipinski definition) is 5. The lowest BCUT2D eigenvalue weighted by atomic mass is 10.1. The first kappa shape index (κ1) is 23.5. The molecule has 1 aromatic heterocycles. The molecular weight excluding hydrogens is 453 g/mol. The van der Waals surface area contributed by atoms with Crippen LogP contribution in [-0.4, -0.2) is 28.6 Å². The smallest absolute Gasteiger partial charge is 0.266 e. The molecule has 0 saturated carbocycles. The fraction of sp³-hybridized carbons (Fsp3) is 0.192. The van der Waals surface area contributed by atoms with Gasteiger partial charge < -0.3 is 10.1 Å². The second kappa shape index (κ2) is 10.1. The van der Waals surface area contributed by atoms with E-state index in [0.29, 0.717) is 38.8 Å². The van der Waals surface area contributed by atoms with Crippen molar-refractivity contribution in [3.63, 3.8) is 0 Å². The third kappa shape index (κ3) is 5.12. The van der Waals surface area contributed by atoms with Gasteiger partial charge in [0, 0.05) is 23.4 Å². The highest BCUT2D eigenvalue weighted by molar-refractivity contribution is 7.98. The quantitative estimate of drug-likeness (QED) is 0.301. The number of amides is 1. The molecule has 1 N–H and O–H groups in total. The Morgan fingerprint density at radius 1 is 1.12 bits per heavy atom. The maximum absolute atomic E-state index is 13.7. The van der Waals surface area contributed by atoms with Crippen molar-refractivity contribution in [3.05, 3.63) is 94.0 Å². The highest BCUT2D eigenvalue weighted by Gasteiger charge is 2.16. The van der Waals surface area contributed by atoms with Crippen LogP contribution < -0.4 is 15.6 Å². The molecule has 0 aliphatic heterocycles. The summed E-state index contributed by atoms with van der Waals surface area (Å²) >= 11 is 1.31. The van der Waals surface area contributed by atoms with Crippen LogP contribution in [0.25, 0.3) is 16.6 Å². The van der Waals surface area contributed by atoms with Crippen LogP contribution in [0.15, 0.2) is 76.7 Å². The third-order valence-electron chi connectivity index (χ3n) is 5.09. The molecule has 0 unspecified atom stereocenters. The molecule has 34 heavy (non-hydrogen) atoms. The maximum Gasteiger partial charge on any atom is 0.266 e. The van der Waals surface area contributed by atoms with Crippen LogP contribution in [0, 0.1) is 5.82 Å². The van der Waals surface area contributed by atoms with Gasteiger partial charge in [-0.15, -0.1) is 0 Å². The SMILES string of the molecule is COc1cccc(-n2c(SCc3cccc(F)c3)nc3cc(C(=O)NC(C)C)ccc3c2=O)c1. The van der Waals surface area contributed by atoms with Gasteiger partial charge in [-0.05, 0) is 61.9 Å². The lowest BCUT2D eigenvalue weighted by molar-refractivity contribution is 0.0943. The van der Waals surface area contributed by atoms with Gasteiger partial charge in [0.25, 0.3) is 11.5 Å². The fourth-order valence-corrected chi connectivity index (χ4v) is 4.46. The first-order valence-corrected chi connectivity index (χ1v) is 11.7. The van der Waals surface area contributed by atoms with E-state index in [-0.39, 0.29) is 23.3 Å². The van der Waals surface area contributed by atoms with E-state index in [2.05, 4.69) is 5.32 Å². The lowest BCUT2D eigenvalue weighted by Gasteiger charge is -2.15. The van der Waals surface area contributed by atoms with Crippen molar-refractivity contribution in [1.29, 1.82) is 0 Å². The average molecular weight is 478 g/mol. The van der Waals surface area contributed by atoms with E-state index in [0.717, 1.165) is 5.56 Å². The first-order valence-electron chi connectivity index (χ1n) is 10.7. The second-order valence-corrected chi connectivity index (χ2v) is 8.96. The highest BCUT2D eigenvalue weighted by Crippen LogP contribution is 2.26. The molecule has 0 fully saturated rings. The van der Waals surface area contributed by atoms with E-state index in [9.17, 15) is 14.0 Å². The van der Waals surface area contributed by atoms with Gasteiger partial charge in [0.1, 0.15) is 11.6 Å². The summed E-state index contributed by atoms with van der Waals surface area (Å²) in [4.78, 5) is 30.8. The molecule has 0 bridgehead atoms. The normalized spacial score (nSPS) is 11.1. The molecule has 4 rings (SSSR count). The molecule has 0 radical (unpaired) electrons. The number of nitrogens with one attached hydrogen (secondary N) is 1. The molecule has 8 heteroatoms. The topological polar surface area (TPSA) is 73.2 Å². The Balaban J connectivity index is 1.84. The number of halogens is 1. The van der Waals surface area contributed by atoms with Gasteiger partial charge in [-0.25, -0.2) is 9.37 Å². The van der Waals surface area contributed by atoms with Gasteiger partial charge >= 0.3 is 0 Å². The maximum atomic E-state index is 13.7. The van der Waals surface area contributed by atoms with Gasteiger partial charge in [0.2, 0.25) is 0 Å². The average Bonchev–Trinajstić information content (AvgIpc) is 2.82. The van der Waals surface area contributed by atoms with E-state index in [4.69, 9.17) is 9.72 Å². The van der Waals surface area contributed by atoms with Gasteiger partial charge in [-0.2, -0.15) is 0 Å². The van der Waals surface area contributed by atoms with Crippen LogP contribution in [0.3, 0.4) is 0 Å². The third-order valence-corrected chi connectivity index (χ3v) is 6.10. The zero-order chi connectivity index (χ0) is 24.2. The van der Waals surface area contributed by atoms with Crippen LogP contribution in [0.4, 0.5) is 4.39 Å². The molecule has 1 heterocycles. The van der Waals surface area contributed by atoms with Gasteiger partial charge in [0.05, 0.1) is 23.7 Å². The van der Waals surface area contributed by atoms with E-state index < -0.39 is 0 Å². The number of aromatic nitrogens is 2. The monoisotopic (exact) mass is 477 g/mol. The van der Waals surface area contributed by atoms with E-state index in [1.54, 1.807) is 55.6 Å². The predicted molar refractivity (Wildman–Crippen MR) is 132 cm³/mol. The van der Waals surface area contributed by atoms with Crippen LogP contribution in [0.1, 0.15) is 29.8 Å². The summed E-state index contributed by atoms with van der Waals surface area (Å²) in [7, 11) is 1.56. The number of methoxy groups -OCH3 is 1. The van der Waals surface area contributed by atoms with Crippen molar-refractivity contribution in [2.45, 2.75) is 30.8 Å². The zero-order valence-electron chi connectivity index (χ0n) is 19.0.